The number of nitrogens with two attached hydrogens (primary N) is 1. The van der Waals surface area contributed by atoms with Crippen LogP contribution in [0.4, 0.5) is 5.69 Å². The molecule has 0 saturated carbocycles. The van der Waals surface area contributed by atoms with E-state index in [-0.39, 0.29) is 6.04 Å². The molecule has 0 spiro atoms. The smallest absolute Gasteiger partial charge is 0.0511 e. The maximum absolute atomic E-state index is 6.32. The molecule has 0 aliphatic heterocycles. The third kappa shape index (κ3) is 3.70. The quantitative estimate of drug-likeness (QED) is 0.865. The number of halogens is 2. The first-order valence-corrected chi connectivity index (χ1v) is 7.76. The molecule has 0 bridgehead atoms. The van der Waals surface area contributed by atoms with E-state index in [1.807, 2.05) is 30.3 Å². The molecule has 1 atom stereocenters. The lowest BCUT2D eigenvalue weighted by atomic mass is 10.0. The van der Waals surface area contributed by atoms with E-state index in [9.17, 15) is 0 Å². The Kier molecular flexibility index (Phi) is 5.51. The highest BCUT2D eigenvalue weighted by Crippen LogP contribution is 2.32. The average molecular weight is 323 g/mol. The maximum Gasteiger partial charge on any atom is 0.0511 e. The lowest BCUT2D eigenvalue weighted by molar-refractivity contribution is 0.734. The molecule has 0 heterocycles. The summed E-state index contributed by atoms with van der Waals surface area (Å²) in [4.78, 5) is 2.21. The maximum atomic E-state index is 6.32. The van der Waals surface area contributed by atoms with Crippen molar-refractivity contribution >= 4 is 28.9 Å². The van der Waals surface area contributed by atoms with Crippen LogP contribution in [0.5, 0.6) is 0 Å². The van der Waals surface area contributed by atoms with Gasteiger partial charge in [-0.15, -0.1) is 0 Å². The fourth-order valence-electron chi connectivity index (χ4n) is 2.47. The molecule has 0 aliphatic carbocycles. The van der Waals surface area contributed by atoms with Crippen LogP contribution in [0.2, 0.25) is 10.0 Å². The summed E-state index contributed by atoms with van der Waals surface area (Å²) in [6.07, 6.45) is 0.765. The number of rotatable bonds is 5. The topological polar surface area (TPSA) is 29.3 Å². The summed E-state index contributed by atoms with van der Waals surface area (Å²) in [5, 5.41) is 1.52. The van der Waals surface area contributed by atoms with Gasteiger partial charge in [0.1, 0.15) is 0 Å². The normalized spacial score (nSPS) is 12.2. The van der Waals surface area contributed by atoms with Gasteiger partial charge >= 0.3 is 0 Å². The van der Waals surface area contributed by atoms with Crippen LogP contribution in [0, 0.1) is 0 Å². The number of benzene rings is 2. The monoisotopic (exact) mass is 322 g/mol. The fourth-order valence-corrected chi connectivity index (χ4v) is 2.93. The van der Waals surface area contributed by atoms with E-state index in [2.05, 4.69) is 31.0 Å². The first-order chi connectivity index (χ1) is 10.0. The molecule has 0 saturated heterocycles. The van der Waals surface area contributed by atoms with Crippen molar-refractivity contribution in [2.24, 2.45) is 5.73 Å². The van der Waals surface area contributed by atoms with Crippen molar-refractivity contribution in [2.45, 2.75) is 19.4 Å². The third-order valence-electron chi connectivity index (χ3n) is 3.78. The van der Waals surface area contributed by atoms with Crippen LogP contribution in [0.15, 0.2) is 42.5 Å². The Hall–Kier alpha value is -1.22. The van der Waals surface area contributed by atoms with Crippen LogP contribution in [-0.2, 0) is 6.42 Å². The first-order valence-electron chi connectivity index (χ1n) is 7.00. The van der Waals surface area contributed by atoms with E-state index in [1.54, 1.807) is 0 Å². The molecule has 2 aromatic rings. The van der Waals surface area contributed by atoms with Gasteiger partial charge in [0.05, 0.1) is 6.04 Å². The molecule has 112 valence electrons. The van der Waals surface area contributed by atoms with E-state index in [0.29, 0.717) is 6.54 Å². The summed E-state index contributed by atoms with van der Waals surface area (Å²) >= 11 is 12.4. The zero-order valence-corrected chi connectivity index (χ0v) is 13.8. The Labute approximate surface area is 136 Å². The molecule has 0 fully saturated rings. The molecular weight excluding hydrogens is 303 g/mol. The standard InChI is InChI=1S/C17H20Cl2N2/c1-12(13-5-3-6-14(18)11-13)21(2)17-8-4-7-16(19)15(17)9-10-20/h3-8,11-12H,9-10,20H2,1-2H3. The van der Waals surface area contributed by atoms with Crippen LogP contribution < -0.4 is 10.6 Å². The summed E-state index contributed by atoms with van der Waals surface area (Å²) < 4.78 is 0. The van der Waals surface area contributed by atoms with Crippen LogP contribution in [0.1, 0.15) is 24.1 Å². The number of nitrogens with zero attached hydrogens (tertiary/aromatic N) is 1. The van der Waals surface area contributed by atoms with Crippen LogP contribution in [-0.4, -0.2) is 13.6 Å². The zero-order valence-electron chi connectivity index (χ0n) is 12.3. The van der Waals surface area contributed by atoms with Gasteiger partial charge in [0.25, 0.3) is 0 Å². The third-order valence-corrected chi connectivity index (χ3v) is 4.37. The van der Waals surface area contributed by atoms with Gasteiger partial charge in [0.15, 0.2) is 0 Å². The molecule has 2 aromatic carbocycles. The molecule has 2 rings (SSSR count). The number of hydrogen-bond acceptors (Lipinski definition) is 2. The van der Waals surface area contributed by atoms with Gasteiger partial charge < -0.3 is 10.6 Å². The predicted molar refractivity (Wildman–Crippen MR) is 92.5 cm³/mol. The molecule has 0 amide bonds. The largest absolute Gasteiger partial charge is 0.368 e. The van der Waals surface area contributed by atoms with Crippen LogP contribution >= 0.6 is 23.2 Å². The van der Waals surface area contributed by atoms with Gasteiger partial charge in [-0.3, -0.25) is 0 Å². The van der Waals surface area contributed by atoms with E-state index < -0.39 is 0 Å². The van der Waals surface area contributed by atoms with Crippen molar-refractivity contribution in [2.75, 3.05) is 18.5 Å². The van der Waals surface area contributed by atoms with Crippen molar-refractivity contribution in [1.29, 1.82) is 0 Å². The van der Waals surface area contributed by atoms with E-state index in [0.717, 1.165) is 27.7 Å². The molecule has 0 radical (unpaired) electrons. The van der Waals surface area contributed by atoms with Crippen LogP contribution in [0.25, 0.3) is 0 Å². The zero-order chi connectivity index (χ0) is 15.4. The molecule has 0 aliphatic rings. The first kappa shape index (κ1) is 16.2. The van der Waals surface area contributed by atoms with Crippen LogP contribution in [0.3, 0.4) is 0 Å². The summed E-state index contributed by atoms with van der Waals surface area (Å²) in [6, 6.07) is 14.1. The highest BCUT2D eigenvalue weighted by Gasteiger charge is 2.16. The average Bonchev–Trinajstić information content (AvgIpc) is 2.48. The number of hydrogen-bond donors (Lipinski definition) is 1. The second-order valence-corrected chi connectivity index (χ2v) is 5.96. The fraction of sp³-hybridized carbons (Fsp3) is 0.294. The Bertz CT molecular complexity index is 613. The van der Waals surface area contributed by atoms with Crippen molar-refractivity contribution < 1.29 is 0 Å². The van der Waals surface area contributed by atoms with E-state index in [4.69, 9.17) is 28.9 Å². The summed E-state index contributed by atoms with van der Waals surface area (Å²) in [5.41, 5.74) is 9.09. The Morgan fingerprint density at radius 1 is 1.14 bits per heavy atom. The highest BCUT2D eigenvalue weighted by atomic mass is 35.5. The van der Waals surface area contributed by atoms with Gasteiger partial charge in [0.2, 0.25) is 0 Å². The van der Waals surface area contributed by atoms with Crippen molar-refractivity contribution in [1.82, 2.24) is 0 Å². The molecule has 0 aromatic heterocycles. The molecular formula is C17H20Cl2N2. The second kappa shape index (κ2) is 7.17. The predicted octanol–water partition coefficient (Wildman–Crippen LogP) is 4.69. The Morgan fingerprint density at radius 3 is 2.52 bits per heavy atom. The van der Waals surface area contributed by atoms with Gasteiger partial charge in [-0.1, -0.05) is 41.4 Å². The van der Waals surface area contributed by atoms with Crippen molar-refractivity contribution in [3.8, 4) is 0 Å². The van der Waals surface area contributed by atoms with E-state index >= 15 is 0 Å². The summed E-state index contributed by atoms with van der Waals surface area (Å²) in [5.74, 6) is 0. The second-order valence-electron chi connectivity index (χ2n) is 5.12. The lowest BCUT2D eigenvalue weighted by Crippen LogP contribution is -2.23. The van der Waals surface area contributed by atoms with Gasteiger partial charge in [0, 0.05) is 22.8 Å². The molecule has 21 heavy (non-hydrogen) atoms. The molecule has 2 N–H and O–H groups in total. The lowest BCUT2D eigenvalue weighted by Gasteiger charge is -2.30. The summed E-state index contributed by atoms with van der Waals surface area (Å²) in [7, 11) is 2.07. The minimum atomic E-state index is 0.193. The van der Waals surface area contributed by atoms with Gasteiger partial charge in [-0.05, 0) is 55.3 Å². The van der Waals surface area contributed by atoms with Gasteiger partial charge in [-0.2, -0.15) is 0 Å². The van der Waals surface area contributed by atoms with Gasteiger partial charge in [-0.25, -0.2) is 0 Å². The molecule has 2 nitrogen and oxygen atoms in total. The minimum Gasteiger partial charge on any atom is -0.368 e. The SMILES string of the molecule is CC(c1cccc(Cl)c1)N(C)c1cccc(Cl)c1CCN. The number of anilines is 1. The summed E-state index contributed by atoms with van der Waals surface area (Å²) in [6.45, 7) is 2.73. The molecule has 4 heteroatoms. The molecule has 1 unspecified atom stereocenters. The Morgan fingerprint density at radius 2 is 1.86 bits per heavy atom. The Balaban J connectivity index is 2.35. The minimum absolute atomic E-state index is 0.193. The van der Waals surface area contributed by atoms with Crippen molar-refractivity contribution in [3.05, 3.63) is 63.6 Å². The van der Waals surface area contributed by atoms with Crippen molar-refractivity contribution in [3.63, 3.8) is 0 Å². The van der Waals surface area contributed by atoms with E-state index in [1.165, 1.54) is 5.56 Å². The highest BCUT2D eigenvalue weighted by molar-refractivity contribution is 6.31.